The van der Waals surface area contributed by atoms with E-state index in [2.05, 4.69) is 10.6 Å². The molecule has 2 amide bonds. The smallest absolute Gasteiger partial charge is 0.251 e. The number of benzene rings is 1. The third kappa shape index (κ3) is 5.27. The first-order chi connectivity index (χ1) is 11.1. The molecule has 0 spiro atoms. The molecule has 0 aliphatic carbocycles. The number of nitrogens with one attached hydrogen (secondary N) is 2. The molecular formula is C18H27N3O2. The van der Waals surface area contributed by atoms with E-state index in [1.165, 1.54) is 12.8 Å². The van der Waals surface area contributed by atoms with Crippen LogP contribution in [0, 0.1) is 0 Å². The molecule has 0 bridgehead atoms. The van der Waals surface area contributed by atoms with Gasteiger partial charge in [-0.15, -0.1) is 0 Å². The molecule has 0 radical (unpaired) electrons. The van der Waals surface area contributed by atoms with Gasteiger partial charge in [0.25, 0.3) is 5.91 Å². The first-order valence-corrected chi connectivity index (χ1v) is 8.46. The summed E-state index contributed by atoms with van der Waals surface area (Å²) in [6, 6.07) is 7.38. The summed E-state index contributed by atoms with van der Waals surface area (Å²) in [6.45, 7) is 3.78. The lowest BCUT2D eigenvalue weighted by molar-refractivity contribution is -0.131. The van der Waals surface area contributed by atoms with Gasteiger partial charge < -0.3 is 15.5 Å². The number of anilines is 1. The predicted molar refractivity (Wildman–Crippen MR) is 92.6 cm³/mol. The van der Waals surface area contributed by atoms with Gasteiger partial charge in [0.2, 0.25) is 5.91 Å². The van der Waals surface area contributed by atoms with Crippen LogP contribution in [-0.4, -0.2) is 42.9 Å². The Kier molecular flexibility index (Phi) is 6.44. The van der Waals surface area contributed by atoms with Gasteiger partial charge in [0.05, 0.1) is 0 Å². The van der Waals surface area contributed by atoms with Crippen LogP contribution >= 0.6 is 0 Å². The SMILES string of the molecule is CNC(=O)c1cccc(NC(C)CC(=O)N2CCCCCC2)c1. The molecule has 0 saturated carbocycles. The molecular weight excluding hydrogens is 290 g/mol. The summed E-state index contributed by atoms with van der Waals surface area (Å²) in [4.78, 5) is 26.1. The van der Waals surface area contributed by atoms with Gasteiger partial charge in [0.1, 0.15) is 0 Å². The Balaban J connectivity index is 1.89. The summed E-state index contributed by atoms with van der Waals surface area (Å²) in [5.74, 6) is 0.108. The molecule has 1 aliphatic rings. The van der Waals surface area contributed by atoms with Crippen LogP contribution in [0.5, 0.6) is 0 Å². The summed E-state index contributed by atoms with van der Waals surface area (Å²) in [5.41, 5.74) is 1.48. The molecule has 1 fully saturated rings. The second-order valence-corrected chi connectivity index (χ2v) is 6.20. The van der Waals surface area contributed by atoms with Crippen molar-refractivity contribution in [3.8, 4) is 0 Å². The first kappa shape index (κ1) is 17.3. The van der Waals surface area contributed by atoms with E-state index in [4.69, 9.17) is 0 Å². The van der Waals surface area contributed by atoms with Crippen molar-refractivity contribution in [1.29, 1.82) is 0 Å². The van der Waals surface area contributed by atoms with Crippen molar-refractivity contribution in [3.05, 3.63) is 29.8 Å². The number of hydrogen-bond acceptors (Lipinski definition) is 3. The highest BCUT2D eigenvalue weighted by Crippen LogP contribution is 2.15. The standard InChI is InChI=1S/C18H27N3O2/c1-14(12-17(22)21-10-5-3-4-6-11-21)20-16-9-7-8-15(13-16)18(23)19-2/h7-9,13-14,20H,3-6,10-12H2,1-2H3,(H,19,23). The number of rotatable bonds is 5. The van der Waals surface area contributed by atoms with Crippen molar-refractivity contribution in [2.45, 2.75) is 45.1 Å². The van der Waals surface area contributed by atoms with Gasteiger partial charge in [-0.1, -0.05) is 18.9 Å². The molecule has 1 aromatic carbocycles. The van der Waals surface area contributed by atoms with Gasteiger partial charge in [-0.3, -0.25) is 9.59 Å². The molecule has 5 nitrogen and oxygen atoms in total. The Labute approximate surface area is 138 Å². The Morgan fingerprint density at radius 1 is 1.17 bits per heavy atom. The fourth-order valence-corrected chi connectivity index (χ4v) is 2.94. The minimum atomic E-state index is -0.109. The number of amides is 2. The van der Waals surface area contributed by atoms with E-state index >= 15 is 0 Å². The number of nitrogens with zero attached hydrogens (tertiary/aromatic N) is 1. The van der Waals surface area contributed by atoms with Crippen LogP contribution in [0.15, 0.2) is 24.3 Å². The average molecular weight is 317 g/mol. The Morgan fingerprint density at radius 2 is 1.87 bits per heavy atom. The minimum Gasteiger partial charge on any atom is -0.382 e. The highest BCUT2D eigenvalue weighted by atomic mass is 16.2. The van der Waals surface area contributed by atoms with Crippen LogP contribution < -0.4 is 10.6 Å². The normalized spacial score (nSPS) is 16.3. The fraction of sp³-hybridized carbons (Fsp3) is 0.556. The number of carbonyl (C=O) groups excluding carboxylic acids is 2. The highest BCUT2D eigenvalue weighted by Gasteiger charge is 2.18. The van der Waals surface area contributed by atoms with E-state index in [-0.39, 0.29) is 17.9 Å². The summed E-state index contributed by atoms with van der Waals surface area (Å²) in [6.07, 6.45) is 5.15. The molecule has 1 unspecified atom stereocenters. The van der Waals surface area contributed by atoms with Crippen molar-refractivity contribution >= 4 is 17.5 Å². The summed E-state index contributed by atoms with van der Waals surface area (Å²) < 4.78 is 0. The largest absolute Gasteiger partial charge is 0.382 e. The molecule has 1 aliphatic heterocycles. The lowest BCUT2D eigenvalue weighted by Crippen LogP contribution is -2.35. The van der Waals surface area contributed by atoms with Crippen LogP contribution in [0.1, 0.15) is 49.4 Å². The maximum Gasteiger partial charge on any atom is 0.251 e. The first-order valence-electron chi connectivity index (χ1n) is 8.46. The topological polar surface area (TPSA) is 61.4 Å². The van der Waals surface area contributed by atoms with Gasteiger partial charge in [-0.2, -0.15) is 0 Å². The zero-order chi connectivity index (χ0) is 16.7. The molecule has 2 N–H and O–H groups in total. The third-order valence-electron chi connectivity index (χ3n) is 4.20. The fourth-order valence-electron chi connectivity index (χ4n) is 2.94. The van der Waals surface area contributed by atoms with Gasteiger partial charge in [-0.25, -0.2) is 0 Å². The van der Waals surface area contributed by atoms with Gasteiger partial charge in [0, 0.05) is 43.9 Å². The van der Waals surface area contributed by atoms with Crippen molar-refractivity contribution in [1.82, 2.24) is 10.2 Å². The van der Waals surface area contributed by atoms with E-state index in [0.29, 0.717) is 12.0 Å². The summed E-state index contributed by atoms with van der Waals surface area (Å²) in [7, 11) is 1.62. The third-order valence-corrected chi connectivity index (χ3v) is 4.20. The molecule has 1 saturated heterocycles. The van der Waals surface area contributed by atoms with Gasteiger partial charge in [0.15, 0.2) is 0 Å². The van der Waals surface area contributed by atoms with E-state index in [1.54, 1.807) is 13.1 Å². The van der Waals surface area contributed by atoms with E-state index < -0.39 is 0 Å². The predicted octanol–water partition coefficient (Wildman–Crippen LogP) is 2.64. The quantitative estimate of drug-likeness (QED) is 0.877. The summed E-state index contributed by atoms with van der Waals surface area (Å²) in [5, 5.41) is 5.93. The van der Waals surface area contributed by atoms with Gasteiger partial charge in [-0.05, 0) is 38.0 Å². The van der Waals surface area contributed by atoms with E-state index in [9.17, 15) is 9.59 Å². The molecule has 5 heteroatoms. The Bertz CT molecular complexity index is 537. The van der Waals surface area contributed by atoms with Gasteiger partial charge >= 0.3 is 0 Å². The molecule has 1 aromatic rings. The van der Waals surface area contributed by atoms with Crippen molar-refractivity contribution in [2.75, 3.05) is 25.5 Å². The average Bonchev–Trinajstić information content (AvgIpc) is 2.83. The second kappa shape index (κ2) is 8.56. The molecule has 23 heavy (non-hydrogen) atoms. The zero-order valence-corrected chi connectivity index (χ0v) is 14.1. The van der Waals surface area contributed by atoms with Crippen molar-refractivity contribution in [3.63, 3.8) is 0 Å². The monoisotopic (exact) mass is 317 g/mol. The molecule has 2 rings (SSSR count). The van der Waals surface area contributed by atoms with Crippen LogP contribution in [0.25, 0.3) is 0 Å². The second-order valence-electron chi connectivity index (χ2n) is 6.20. The summed E-state index contributed by atoms with van der Waals surface area (Å²) >= 11 is 0. The van der Waals surface area contributed by atoms with E-state index in [0.717, 1.165) is 31.6 Å². The minimum absolute atomic E-state index is 0.0330. The van der Waals surface area contributed by atoms with Crippen LogP contribution in [0.4, 0.5) is 5.69 Å². The van der Waals surface area contributed by atoms with E-state index in [1.807, 2.05) is 30.0 Å². The Hall–Kier alpha value is -2.04. The van der Waals surface area contributed by atoms with Crippen molar-refractivity contribution in [2.24, 2.45) is 0 Å². The maximum absolute atomic E-state index is 12.4. The van der Waals surface area contributed by atoms with Crippen LogP contribution in [-0.2, 0) is 4.79 Å². The molecule has 126 valence electrons. The number of carbonyl (C=O) groups is 2. The molecule has 0 aromatic heterocycles. The number of hydrogen-bond donors (Lipinski definition) is 2. The Morgan fingerprint density at radius 3 is 2.52 bits per heavy atom. The molecule has 1 heterocycles. The van der Waals surface area contributed by atoms with Crippen LogP contribution in [0.3, 0.4) is 0 Å². The zero-order valence-electron chi connectivity index (χ0n) is 14.1. The molecule has 1 atom stereocenters. The lowest BCUT2D eigenvalue weighted by Gasteiger charge is -2.23. The van der Waals surface area contributed by atoms with Crippen LogP contribution in [0.2, 0.25) is 0 Å². The number of likely N-dealkylation sites (tertiary alicyclic amines) is 1. The lowest BCUT2D eigenvalue weighted by atomic mass is 10.1. The van der Waals surface area contributed by atoms with Crippen molar-refractivity contribution < 1.29 is 9.59 Å². The highest BCUT2D eigenvalue weighted by molar-refractivity contribution is 5.94. The maximum atomic E-state index is 12.4.